The molecule has 0 radical (unpaired) electrons. The zero-order chi connectivity index (χ0) is 14.9. The van der Waals surface area contributed by atoms with Gasteiger partial charge in [-0.2, -0.15) is 0 Å². The molecule has 2 aromatic rings. The second-order valence-electron chi connectivity index (χ2n) is 5.10. The predicted molar refractivity (Wildman–Crippen MR) is 82.1 cm³/mol. The van der Waals surface area contributed by atoms with Crippen molar-refractivity contribution in [1.82, 2.24) is 14.8 Å². The number of aromatic amines is 1. The van der Waals surface area contributed by atoms with Gasteiger partial charge >= 0.3 is 5.69 Å². The smallest absolute Gasteiger partial charge is 0.323 e. The Morgan fingerprint density at radius 1 is 1.35 bits per heavy atom. The van der Waals surface area contributed by atoms with Gasteiger partial charge in [0, 0.05) is 18.8 Å². The highest BCUT2D eigenvalue weighted by Crippen LogP contribution is 2.26. The number of H-pyrrole nitrogens is 1. The molecule has 0 fully saturated rings. The van der Waals surface area contributed by atoms with Crippen LogP contribution in [0, 0.1) is 20.8 Å². The number of nitrogens with zero attached hydrogens (tertiary/aromatic N) is 2. The third kappa shape index (κ3) is 2.96. The molecule has 0 saturated heterocycles. The summed E-state index contributed by atoms with van der Waals surface area (Å²) in [6, 6.07) is 4.22. The van der Waals surface area contributed by atoms with Crippen LogP contribution in [0.15, 0.2) is 22.1 Å². The molecule has 0 spiro atoms. The third-order valence-electron chi connectivity index (χ3n) is 3.34. The molecule has 3 N–H and O–H groups in total. The maximum atomic E-state index is 11.3. The van der Waals surface area contributed by atoms with Crippen molar-refractivity contribution < 1.29 is 0 Å². The van der Waals surface area contributed by atoms with Gasteiger partial charge in [-0.05, 0) is 37.5 Å². The lowest BCUT2D eigenvalue weighted by Crippen LogP contribution is -2.17. The van der Waals surface area contributed by atoms with Crippen molar-refractivity contribution in [2.45, 2.75) is 32.0 Å². The van der Waals surface area contributed by atoms with E-state index in [1.807, 2.05) is 0 Å². The number of nitrogens with one attached hydrogen (secondary N) is 1. The third-order valence-corrected chi connectivity index (χ3v) is 4.49. The molecular weight excluding hydrogens is 272 g/mol. The minimum atomic E-state index is -0.205. The van der Waals surface area contributed by atoms with Gasteiger partial charge in [0.2, 0.25) is 0 Å². The van der Waals surface area contributed by atoms with Crippen LogP contribution in [0.25, 0.3) is 0 Å². The fraction of sp³-hybridized carbons (Fsp3) is 0.429. The van der Waals surface area contributed by atoms with Gasteiger partial charge in [-0.1, -0.05) is 29.5 Å². The quantitative estimate of drug-likeness (QED) is 0.843. The van der Waals surface area contributed by atoms with E-state index in [4.69, 9.17) is 5.73 Å². The molecule has 108 valence electrons. The molecule has 0 aliphatic carbocycles. The lowest BCUT2D eigenvalue weighted by atomic mass is 9.95. The Hall–Kier alpha value is -1.53. The Morgan fingerprint density at radius 3 is 2.45 bits per heavy atom. The maximum absolute atomic E-state index is 11.3. The zero-order valence-electron chi connectivity index (χ0n) is 12.2. The molecule has 0 bridgehead atoms. The largest absolute Gasteiger partial charge is 0.343 e. The minimum absolute atomic E-state index is 0.0765. The van der Waals surface area contributed by atoms with E-state index in [1.165, 1.54) is 38.6 Å². The van der Waals surface area contributed by atoms with Crippen LogP contribution >= 0.6 is 11.8 Å². The number of nitrogens with two attached hydrogens (primary N) is 1. The monoisotopic (exact) mass is 292 g/mol. The number of rotatable bonds is 4. The minimum Gasteiger partial charge on any atom is -0.323 e. The van der Waals surface area contributed by atoms with Crippen LogP contribution in [0.5, 0.6) is 0 Å². The average Bonchev–Trinajstić information content (AvgIpc) is 2.66. The van der Waals surface area contributed by atoms with Gasteiger partial charge in [-0.25, -0.2) is 9.89 Å². The van der Waals surface area contributed by atoms with Crippen LogP contribution in [-0.2, 0) is 7.05 Å². The molecule has 1 atom stereocenters. The Labute approximate surface area is 122 Å². The molecule has 5 nitrogen and oxygen atoms in total. The van der Waals surface area contributed by atoms with Crippen molar-refractivity contribution in [3.63, 3.8) is 0 Å². The molecule has 2 rings (SSSR count). The van der Waals surface area contributed by atoms with Crippen molar-refractivity contribution in [3.05, 3.63) is 44.9 Å². The molecule has 20 heavy (non-hydrogen) atoms. The molecular formula is C14H20N4OS. The van der Waals surface area contributed by atoms with Gasteiger partial charge in [-0.15, -0.1) is 5.10 Å². The summed E-state index contributed by atoms with van der Waals surface area (Å²) in [5, 5.41) is 7.06. The predicted octanol–water partition coefficient (Wildman–Crippen LogP) is 1.83. The summed E-state index contributed by atoms with van der Waals surface area (Å²) < 4.78 is 1.49. The number of hydrogen-bond acceptors (Lipinski definition) is 4. The topological polar surface area (TPSA) is 76.7 Å². The molecule has 1 aromatic carbocycles. The second-order valence-corrected chi connectivity index (χ2v) is 6.09. The molecule has 0 aliphatic rings. The van der Waals surface area contributed by atoms with Crippen molar-refractivity contribution in [2.75, 3.05) is 5.75 Å². The molecule has 0 aliphatic heterocycles. The van der Waals surface area contributed by atoms with Gasteiger partial charge in [0.05, 0.1) is 0 Å². The molecule has 0 saturated carbocycles. The first-order valence-corrected chi connectivity index (χ1v) is 7.46. The SMILES string of the molecule is Cc1cc(C)c(C(N)CSc2n[nH]c(=O)n2C)c(C)c1. The fourth-order valence-corrected chi connectivity index (χ4v) is 3.37. The fourth-order valence-electron chi connectivity index (χ4n) is 2.49. The first-order chi connectivity index (χ1) is 9.40. The lowest BCUT2D eigenvalue weighted by molar-refractivity contribution is 0.757. The van der Waals surface area contributed by atoms with Crippen molar-refractivity contribution in [1.29, 1.82) is 0 Å². The first kappa shape index (κ1) is 14.9. The van der Waals surface area contributed by atoms with Crippen LogP contribution < -0.4 is 11.4 Å². The highest BCUT2D eigenvalue weighted by Gasteiger charge is 2.14. The van der Waals surface area contributed by atoms with Gasteiger partial charge in [-0.3, -0.25) is 4.57 Å². The normalized spacial score (nSPS) is 12.7. The number of aromatic nitrogens is 3. The molecule has 1 unspecified atom stereocenters. The Balaban J connectivity index is 2.15. The Morgan fingerprint density at radius 2 is 1.95 bits per heavy atom. The standard InChI is InChI=1S/C14H20N4OS/c1-8-5-9(2)12(10(3)6-8)11(15)7-20-14-17-16-13(19)18(14)4/h5-6,11H,7,15H2,1-4H3,(H,16,19). The van der Waals surface area contributed by atoms with Crippen LogP contribution in [0.4, 0.5) is 0 Å². The van der Waals surface area contributed by atoms with Gasteiger partial charge < -0.3 is 5.73 Å². The van der Waals surface area contributed by atoms with E-state index in [0.717, 1.165) is 0 Å². The molecule has 1 heterocycles. The van der Waals surface area contributed by atoms with Gasteiger partial charge in [0.1, 0.15) is 0 Å². The summed E-state index contributed by atoms with van der Waals surface area (Å²) in [5.74, 6) is 0.683. The summed E-state index contributed by atoms with van der Waals surface area (Å²) in [6.45, 7) is 6.26. The average molecular weight is 292 g/mol. The van der Waals surface area contributed by atoms with E-state index in [0.29, 0.717) is 10.9 Å². The molecule has 1 aromatic heterocycles. The van der Waals surface area contributed by atoms with Crippen LogP contribution in [-0.4, -0.2) is 20.5 Å². The lowest BCUT2D eigenvalue weighted by Gasteiger charge is -2.17. The van der Waals surface area contributed by atoms with E-state index in [9.17, 15) is 4.79 Å². The first-order valence-electron chi connectivity index (χ1n) is 6.47. The van der Waals surface area contributed by atoms with E-state index in [-0.39, 0.29) is 11.7 Å². The molecule has 0 amide bonds. The summed E-state index contributed by atoms with van der Waals surface area (Å²) >= 11 is 1.49. The zero-order valence-corrected chi connectivity index (χ0v) is 13.0. The van der Waals surface area contributed by atoms with E-state index >= 15 is 0 Å². The van der Waals surface area contributed by atoms with Crippen LogP contribution in [0.3, 0.4) is 0 Å². The number of thioether (sulfide) groups is 1. The highest BCUT2D eigenvalue weighted by atomic mass is 32.2. The van der Waals surface area contributed by atoms with Crippen molar-refractivity contribution in [2.24, 2.45) is 12.8 Å². The van der Waals surface area contributed by atoms with Gasteiger partial charge in [0.25, 0.3) is 0 Å². The van der Waals surface area contributed by atoms with E-state index < -0.39 is 0 Å². The van der Waals surface area contributed by atoms with Crippen molar-refractivity contribution >= 4 is 11.8 Å². The van der Waals surface area contributed by atoms with Crippen molar-refractivity contribution in [3.8, 4) is 0 Å². The second kappa shape index (κ2) is 5.85. The maximum Gasteiger partial charge on any atom is 0.343 e. The molecule has 6 heteroatoms. The van der Waals surface area contributed by atoms with E-state index in [1.54, 1.807) is 7.05 Å². The van der Waals surface area contributed by atoms with E-state index in [2.05, 4.69) is 43.1 Å². The summed E-state index contributed by atoms with van der Waals surface area (Å²) in [6.07, 6.45) is 0. The van der Waals surface area contributed by atoms with Crippen LogP contribution in [0.1, 0.15) is 28.3 Å². The summed E-state index contributed by atoms with van der Waals surface area (Å²) in [5.41, 5.74) is 11.0. The number of benzene rings is 1. The number of hydrogen-bond donors (Lipinski definition) is 2. The highest BCUT2D eigenvalue weighted by molar-refractivity contribution is 7.99. The Bertz CT molecular complexity index is 651. The summed E-state index contributed by atoms with van der Waals surface area (Å²) in [7, 11) is 1.70. The summed E-state index contributed by atoms with van der Waals surface area (Å²) in [4.78, 5) is 11.3. The number of aryl methyl sites for hydroxylation is 3. The Kier molecular flexibility index (Phi) is 4.35. The van der Waals surface area contributed by atoms with Gasteiger partial charge in [0.15, 0.2) is 5.16 Å². The van der Waals surface area contributed by atoms with Crippen LogP contribution in [0.2, 0.25) is 0 Å².